The molecule has 8 nitrogen and oxygen atoms in total. The number of nitrogens with zero attached hydrogens (tertiary/aromatic N) is 2. The third-order valence-corrected chi connectivity index (χ3v) is 6.29. The SMILES string of the molecule is CCOC(=O)c1ccc2c(c1)NC(=O)/C2=C(\Nc1ccc(N(C)C(=O)CN(C)C)c(Cl)c1)c1ccccc1. The third kappa shape index (κ3) is 5.72. The highest BCUT2D eigenvalue weighted by Crippen LogP contribution is 2.39. The quantitative estimate of drug-likeness (QED) is 0.314. The number of carbonyl (C=O) groups is 3. The molecule has 3 aromatic carbocycles. The molecule has 1 aliphatic rings. The predicted octanol–water partition coefficient (Wildman–Crippen LogP) is 4.97. The number of amides is 2. The van der Waals surface area contributed by atoms with Gasteiger partial charge in [0, 0.05) is 18.3 Å². The second kappa shape index (κ2) is 11.5. The van der Waals surface area contributed by atoms with Gasteiger partial charge >= 0.3 is 5.97 Å². The highest BCUT2D eigenvalue weighted by atomic mass is 35.5. The molecular weight excluding hydrogens is 504 g/mol. The fraction of sp³-hybridized carbons (Fsp3) is 0.207. The minimum Gasteiger partial charge on any atom is -0.462 e. The maximum Gasteiger partial charge on any atom is 0.338 e. The minimum absolute atomic E-state index is 0.0916. The zero-order valence-electron chi connectivity index (χ0n) is 21.7. The normalized spacial score (nSPS) is 13.6. The molecule has 38 heavy (non-hydrogen) atoms. The molecule has 2 amide bonds. The molecule has 4 rings (SSSR count). The Hall–Kier alpha value is -4.14. The van der Waals surface area contributed by atoms with Gasteiger partial charge in [-0.2, -0.15) is 0 Å². The molecule has 0 spiro atoms. The van der Waals surface area contributed by atoms with Crippen molar-refractivity contribution in [1.82, 2.24) is 4.90 Å². The van der Waals surface area contributed by atoms with Crippen molar-refractivity contribution in [3.63, 3.8) is 0 Å². The number of hydrogen-bond acceptors (Lipinski definition) is 6. The summed E-state index contributed by atoms with van der Waals surface area (Å²) in [4.78, 5) is 41.2. The number of esters is 1. The molecule has 3 aromatic rings. The third-order valence-electron chi connectivity index (χ3n) is 5.99. The number of likely N-dealkylation sites (N-methyl/N-ethyl adjacent to an activating group) is 2. The smallest absolute Gasteiger partial charge is 0.338 e. The molecule has 0 fully saturated rings. The van der Waals surface area contributed by atoms with Crippen LogP contribution < -0.4 is 15.5 Å². The Balaban J connectivity index is 1.74. The summed E-state index contributed by atoms with van der Waals surface area (Å²) in [6.45, 7) is 2.25. The van der Waals surface area contributed by atoms with Crippen molar-refractivity contribution in [2.24, 2.45) is 0 Å². The minimum atomic E-state index is -0.452. The number of halogens is 1. The summed E-state index contributed by atoms with van der Waals surface area (Å²) in [6.07, 6.45) is 0. The summed E-state index contributed by atoms with van der Waals surface area (Å²) in [6, 6.07) is 19.8. The van der Waals surface area contributed by atoms with Crippen LogP contribution in [-0.2, 0) is 14.3 Å². The molecule has 1 aliphatic heterocycles. The lowest BCUT2D eigenvalue weighted by molar-refractivity contribution is -0.119. The van der Waals surface area contributed by atoms with Crippen LogP contribution in [0.1, 0.15) is 28.4 Å². The van der Waals surface area contributed by atoms with Crippen LogP contribution in [0.4, 0.5) is 17.1 Å². The maximum absolute atomic E-state index is 13.2. The molecule has 0 unspecified atom stereocenters. The Bertz CT molecular complexity index is 1420. The number of fused-ring (bicyclic) bond motifs is 1. The molecule has 0 atom stereocenters. The van der Waals surface area contributed by atoms with Crippen molar-refractivity contribution in [3.8, 4) is 0 Å². The molecule has 0 saturated heterocycles. The van der Waals surface area contributed by atoms with E-state index in [0.29, 0.717) is 44.5 Å². The Labute approximate surface area is 226 Å². The number of rotatable bonds is 8. The number of benzene rings is 3. The Morgan fingerprint density at radius 1 is 0.974 bits per heavy atom. The second-order valence-electron chi connectivity index (χ2n) is 9.03. The lowest BCUT2D eigenvalue weighted by Gasteiger charge is -2.22. The van der Waals surface area contributed by atoms with E-state index in [1.165, 1.54) is 4.90 Å². The summed E-state index contributed by atoms with van der Waals surface area (Å²) in [7, 11) is 5.34. The van der Waals surface area contributed by atoms with E-state index in [1.807, 2.05) is 50.5 Å². The fourth-order valence-electron chi connectivity index (χ4n) is 4.16. The molecule has 0 radical (unpaired) electrons. The van der Waals surface area contributed by atoms with Crippen molar-refractivity contribution in [2.45, 2.75) is 6.92 Å². The number of ether oxygens (including phenoxy) is 1. The van der Waals surface area contributed by atoms with Crippen LogP contribution in [0.5, 0.6) is 0 Å². The summed E-state index contributed by atoms with van der Waals surface area (Å²) in [5, 5.41) is 6.62. The van der Waals surface area contributed by atoms with Gasteiger partial charge in [0.2, 0.25) is 5.91 Å². The molecule has 0 saturated carbocycles. The lowest BCUT2D eigenvalue weighted by atomic mass is 9.99. The topological polar surface area (TPSA) is 91.0 Å². The zero-order chi connectivity index (χ0) is 27.4. The van der Waals surface area contributed by atoms with Gasteiger partial charge in [0.15, 0.2) is 0 Å². The molecule has 9 heteroatoms. The molecular formula is C29H29ClN4O4. The van der Waals surface area contributed by atoms with Gasteiger partial charge in [0.25, 0.3) is 5.91 Å². The fourth-order valence-corrected chi connectivity index (χ4v) is 4.47. The van der Waals surface area contributed by atoms with Gasteiger partial charge in [0.1, 0.15) is 0 Å². The summed E-state index contributed by atoms with van der Waals surface area (Å²) < 4.78 is 5.09. The van der Waals surface area contributed by atoms with E-state index in [0.717, 1.165) is 5.56 Å². The van der Waals surface area contributed by atoms with Crippen molar-refractivity contribution < 1.29 is 19.1 Å². The van der Waals surface area contributed by atoms with Gasteiger partial charge in [0.05, 0.1) is 46.4 Å². The van der Waals surface area contributed by atoms with Crippen LogP contribution in [0.3, 0.4) is 0 Å². The molecule has 1 heterocycles. The van der Waals surface area contributed by atoms with E-state index in [2.05, 4.69) is 10.6 Å². The van der Waals surface area contributed by atoms with E-state index in [1.54, 1.807) is 49.2 Å². The summed E-state index contributed by atoms with van der Waals surface area (Å²) in [5.74, 6) is -0.845. The summed E-state index contributed by atoms with van der Waals surface area (Å²) >= 11 is 6.59. The van der Waals surface area contributed by atoms with E-state index in [-0.39, 0.29) is 25.0 Å². The molecule has 196 valence electrons. The van der Waals surface area contributed by atoms with Crippen LogP contribution in [0.2, 0.25) is 5.02 Å². The number of carbonyl (C=O) groups excluding carboxylic acids is 3. The monoisotopic (exact) mass is 532 g/mol. The van der Waals surface area contributed by atoms with Gasteiger partial charge in [-0.1, -0.05) is 48.0 Å². The maximum atomic E-state index is 13.2. The highest BCUT2D eigenvalue weighted by Gasteiger charge is 2.29. The standard InChI is InChI=1S/C29H29ClN4O4/c1-5-38-29(37)19-11-13-21-23(15-19)32-28(36)26(21)27(18-9-7-6-8-10-18)31-20-12-14-24(22(30)16-20)34(4)25(35)17-33(2)3/h6-16,31H,5,17H2,1-4H3,(H,32,36)/b27-26-. The van der Waals surface area contributed by atoms with E-state index in [9.17, 15) is 14.4 Å². The first kappa shape index (κ1) is 26.9. The van der Waals surface area contributed by atoms with Gasteiger partial charge in [-0.05, 0) is 56.9 Å². The summed E-state index contributed by atoms with van der Waals surface area (Å²) in [5.41, 5.74) is 4.56. The van der Waals surface area contributed by atoms with Gasteiger partial charge in [-0.3, -0.25) is 9.59 Å². The van der Waals surface area contributed by atoms with Crippen LogP contribution in [0, 0.1) is 0 Å². The van der Waals surface area contributed by atoms with Crippen LogP contribution >= 0.6 is 11.6 Å². The first-order chi connectivity index (χ1) is 18.2. The first-order valence-electron chi connectivity index (χ1n) is 12.1. The van der Waals surface area contributed by atoms with Crippen molar-refractivity contribution in [2.75, 3.05) is 49.8 Å². The van der Waals surface area contributed by atoms with Crippen LogP contribution in [0.15, 0.2) is 66.7 Å². The zero-order valence-corrected chi connectivity index (χ0v) is 22.4. The first-order valence-corrected chi connectivity index (χ1v) is 12.5. The van der Waals surface area contributed by atoms with E-state index >= 15 is 0 Å². The van der Waals surface area contributed by atoms with Crippen molar-refractivity contribution in [3.05, 3.63) is 88.4 Å². The Morgan fingerprint density at radius 2 is 1.71 bits per heavy atom. The van der Waals surface area contributed by atoms with Crippen LogP contribution in [0.25, 0.3) is 11.3 Å². The lowest BCUT2D eigenvalue weighted by Crippen LogP contribution is -2.35. The molecule has 2 N–H and O–H groups in total. The molecule has 0 bridgehead atoms. The largest absolute Gasteiger partial charge is 0.462 e. The molecule has 0 aromatic heterocycles. The average Bonchev–Trinajstić information content (AvgIpc) is 3.21. The number of hydrogen-bond donors (Lipinski definition) is 2. The van der Waals surface area contributed by atoms with Gasteiger partial charge in [-0.15, -0.1) is 0 Å². The van der Waals surface area contributed by atoms with Gasteiger partial charge in [-0.25, -0.2) is 4.79 Å². The second-order valence-corrected chi connectivity index (χ2v) is 9.44. The predicted molar refractivity (Wildman–Crippen MR) is 151 cm³/mol. The Morgan fingerprint density at radius 3 is 2.37 bits per heavy atom. The number of anilines is 3. The Kier molecular flexibility index (Phi) is 8.14. The van der Waals surface area contributed by atoms with Crippen LogP contribution in [-0.4, -0.2) is 57.0 Å². The molecule has 0 aliphatic carbocycles. The van der Waals surface area contributed by atoms with Crippen molar-refractivity contribution >= 4 is 57.7 Å². The highest BCUT2D eigenvalue weighted by molar-refractivity contribution is 6.38. The van der Waals surface area contributed by atoms with Crippen molar-refractivity contribution in [1.29, 1.82) is 0 Å². The van der Waals surface area contributed by atoms with E-state index in [4.69, 9.17) is 16.3 Å². The van der Waals surface area contributed by atoms with Gasteiger partial charge < -0.3 is 25.2 Å². The number of nitrogens with one attached hydrogen (secondary N) is 2. The van der Waals surface area contributed by atoms with E-state index < -0.39 is 5.97 Å². The average molecular weight is 533 g/mol.